The van der Waals surface area contributed by atoms with Crippen LogP contribution in [0.2, 0.25) is 0 Å². The number of hydrogen-bond acceptors (Lipinski definition) is 4. The van der Waals surface area contributed by atoms with Crippen LogP contribution < -0.4 is 15.0 Å². The first-order valence-electron chi connectivity index (χ1n) is 8.13. The molecule has 3 rings (SSSR count). The summed E-state index contributed by atoms with van der Waals surface area (Å²) in [5.41, 5.74) is 0.285. The van der Waals surface area contributed by atoms with E-state index in [-0.39, 0.29) is 23.8 Å². The molecule has 0 saturated heterocycles. The topological polar surface area (TPSA) is 75.7 Å². The maximum absolute atomic E-state index is 13.8. The lowest BCUT2D eigenvalue weighted by atomic mass is 10.1. The van der Waals surface area contributed by atoms with E-state index in [1.807, 2.05) is 0 Å². The zero-order valence-electron chi connectivity index (χ0n) is 14.6. The summed E-state index contributed by atoms with van der Waals surface area (Å²) in [6.07, 6.45) is 0. The average molecular weight is 374 g/mol. The molecule has 0 bridgehead atoms. The lowest BCUT2D eigenvalue weighted by Gasteiger charge is -2.33. The summed E-state index contributed by atoms with van der Waals surface area (Å²) < 4.78 is 32.4. The first kappa shape index (κ1) is 18.5. The summed E-state index contributed by atoms with van der Waals surface area (Å²) in [4.78, 5) is 37.7. The molecule has 6 nitrogen and oxygen atoms in total. The summed E-state index contributed by atoms with van der Waals surface area (Å²) in [5, 5.41) is 2.28. The number of nitrogens with one attached hydrogen (secondary N) is 1. The van der Waals surface area contributed by atoms with Crippen molar-refractivity contribution in [2.24, 2.45) is 0 Å². The van der Waals surface area contributed by atoms with Crippen LogP contribution in [0.4, 0.5) is 20.2 Å². The molecule has 0 fully saturated rings. The molecule has 27 heavy (non-hydrogen) atoms. The van der Waals surface area contributed by atoms with Crippen LogP contribution in [0.25, 0.3) is 0 Å². The monoisotopic (exact) mass is 374 g/mol. The molecule has 8 heteroatoms. The third kappa shape index (κ3) is 3.64. The lowest BCUT2D eigenvalue weighted by molar-refractivity contribution is -0.125. The van der Waals surface area contributed by atoms with Crippen LogP contribution in [-0.4, -0.2) is 30.2 Å². The number of ether oxygens (including phenoxy) is 1. The summed E-state index contributed by atoms with van der Waals surface area (Å²) in [5.74, 6) is -2.59. The Morgan fingerprint density at radius 1 is 1.19 bits per heavy atom. The van der Waals surface area contributed by atoms with Gasteiger partial charge in [-0.05, 0) is 44.2 Å². The van der Waals surface area contributed by atoms with E-state index >= 15 is 0 Å². The zero-order chi connectivity index (χ0) is 19.7. The fourth-order valence-electron chi connectivity index (χ4n) is 2.76. The Balaban J connectivity index is 1.92. The highest BCUT2D eigenvalue weighted by molar-refractivity contribution is 6.07. The molecule has 2 aromatic rings. The smallest absolute Gasteiger partial charge is 0.265 e. The molecular formula is C19H16F2N2O4. The molecule has 1 N–H and O–H groups in total. The number of hydrogen-bond donors (Lipinski definition) is 1. The maximum Gasteiger partial charge on any atom is 0.265 e. The Labute approximate surface area is 153 Å². The molecular weight excluding hydrogens is 358 g/mol. The molecule has 0 spiro atoms. The van der Waals surface area contributed by atoms with Gasteiger partial charge in [0.05, 0.1) is 11.4 Å². The maximum atomic E-state index is 13.8. The first-order valence-corrected chi connectivity index (χ1v) is 8.13. The molecule has 140 valence electrons. The molecule has 1 heterocycles. The van der Waals surface area contributed by atoms with Gasteiger partial charge in [0.15, 0.2) is 12.4 Å². The summed E-state index contributed by atoms with van der Waals surface area (Å²) in [6.45, 7) is 2.54. The fraction of sp³-hybridized carbons (Fsp3) is 0.211. The van der Waals surface area contributed by atoms with Crippen molar-refractivity contribution in [3.8, 4) is 5.75 Å². The predicted octanol–water partition coefficient (Wildman–Crippen LogP) is 2.92. The van der Waals surface area contributed by atoms with Crippen LogP contribution in [0.3, 0.4) is 0 Å². The molecule has 1 atom stereocenters. The van der Waals surface area contributed by atoms with E-state index < -0.39 is 29.5 Å². The van der Waals surface area contributed by atoms with Crippen LogP contribution in [0.15, 0.2) is 36.4 Å². The van der Waals surface area contributed by atoms with E-state index in [9.17, 15) is 23.2 Å². The Morgan fingerprint density at radius 2 is 1.93 bits per heavy atom. The highest BCUT2D eigenvalue weighted by Crippen LogP contribution is 2.34. The van der Waals surface area contributed by atoms with Gasteiger partial charge in [-0.1, -0.05) is 0 Å². The van der Waals surface area contributed by atoms with Crippen molar-refractivity contribution in [1.29, 1.82) is 0 Å². The van der Waals surface area contributed by atoms with E-state index in [2.05, 4.69) is 5.32 Å². The summed E-state index contributed by atoms with van der Waals surface area (Å²) in [7, 11) is 0. The van der Waals surface area contributed by atoms with Gasteiger partial charge >= 0.3 is 0 Å². The minimum absolute atomic E-state index is 0.213. The number of amides is 2. The predicted molar refractivity (Wildman–Crippen MR) is 93.9 cm³/mol. The number of anilines is 2. The van der Waals surface area contributed by atoms with Gasteiger partial charge in [-0.2, -0.15) is 0 Å². The van der Waals surface area contributed by atoms with E-state index in [1.165, 1.54) is 24.8 Å². The largest absolute Gasteiger partial charge is 0.482 e. The van der Waals surface area contributed by atoms with Gasteiger partial charge in [-0.3, -0.25) is 19.3 Å². The number of carbonyl (C=O) groups excluding carboxylic acids is 3. The van der Waals surface area contributed by atoms with Crippen LogP contribution in [0, 0.1) is 11.6 Å². The van der Waals surface area contributed by atoms with Crippen molar-refractivity contribution in [3.63, 3.8) is 0 Å². The number of fused-ring (bicyclic) bond motifs is 1. The third-order valence-corrected chi connectivity index (χ3v) is 4.20. The lowest BCUT2D eigenvalue weighted by Crippen LogP contribution is -2.49. The second kappa shape index (κ2) is 7.14. The number of benzene rings is 2. The molecule has 2 aromatic carbocycles. The van der Waals surface area contributed by atoms with Crippen molar-refractivity contribution in [3.05, 3.63) is 53.6 Å². The second-order valence-corrected chi connectivity index (χ2v) is 6.08. The Bertz CT molecular complexity index is 945. The zero-order valence-corrected chi connectivity index (χ0v) is 14.6. The van der Waals surface area contributed by atoms with Gasteiger partial charge < -0.3 is 10.1 Å². The molecule has 1 aliphatic rings. The van der Waals surface area contributed by atoms with Crippen molar-refractivity contribution >= 4 is 29.0 Å². The van der Waals surface area contributed by atoms with Crippen LogP contribution in [-0.2, 0) is 9.59 Å². The van der Waals surface area contributed by atoms with Crippen LogP contribution >= 0.6 is 0 Å². The summed E-state index contributed by atoms with van der Waals surface area (Å²) >= 11 is 0. The van der Waals surface area contributed by atoms with Crippen molar-refractivity contribution in [2.45, 2.75) is 19.9 Å². The molecule has 0 aromatic heterocycles. The van der Waals surface area contributed by atoms with Crippen LogP contribution in [0.5, 0.6) is 5.75 Å². The minimum Gasteiger partial charge on any atom is -0.482 e. The number of rotatable bonds is 4. The van der Waals surface area contributed by atoms with Crippen molar-refractivity contribution < 1.29 is 27.9 Å². The molecule has 2 amide bonds. The van der Waals surface area contributed by atoms with Crippen molar-refractivity contribution in [1.82, 2.24) is 0 Å². The van der Waals surface area contributed by atoms with Gasteiger partial charge in [0.1, 0.15) is 23.4 Å². The average Bonchev–Trinajstić information content (AvgIpc) is 2.63. The van der Waals surface area contributed by atoms with Gasteiger partial charge in [0.2, 0.25) is 5.91 Å². The van der Waals surface area contributed by atoms with Gasteiger partial charge in [-0.15, -0.1) is 0 Å². The normalized spacial score (nSPS) is 14.2. The van der Waals surface area contributed by atoms with E-state index in [4.69, 9.17) is 4.74 Å². The number of carbonyl (C=O) groups is 3. The second-order valence-electron chi connectivity index (χ2n) is 6.08. The Morgan fingerprint density at radius 3 is 2.63 bits per heavy atom. The van der Waals surface area contributed by atoms with E-state index in [0.717, 1.165) is 18.2 Å². The number of ketones is 1. The van der Waals surface area contributed by atoms with Gasteiger partial charge in [0.25, 0.3) is 5.91 Å². The third-order valence-electron chi connectivity index (χ3n) is 4.20. The Kier molecular flexibility index (Phi) is 4.89. The van der Waals surface area contributed by atoms with E-state index in [0.29, 0.717) is 11.3 Å². The number of halogens is 2. The summed E-state index contributed by atoms with van der Waals surface area (Å²) in [6, 6.07) is 6.18. The van der Waals surface area contributed by atoms with Gasteiger partial charge in [-0.25, -0.2) is 8.78 Å². The SMILES string of the molecule is CC(=O)c1ccc2c(c1)N(C(C)C(=O)Nc1cc(F)ccc1F)C(=O)CO2. The molecule has 1 unspecified atom stereocenters. The van der Waals surface area contributed by atoms with E-state index in [1.54, 1.807) is 12.1 Å². The van der Waals surface area contributed by atoms with Crippen molar-refractivity contribution in [2.75, 3.05) is 16.8 Å². The quantitative estimate of drug-likeness (QED) is 0.835. The molecule has 0 saturated carbocycles. The van der Waals surface area contributed by atoms with Crippen LogP contribution in [0.1, 0.15) is 24.2 Å². The molecule has 1 aliphatic heterocycles. The highest BCUT2D eigenvalue weighted by atomic mass is 19.1. The Hall–Kier alpha value is -3.29. The minimum atomic E-state index is -1.05. The first-order chi connectivity index (χ1) is 12.8. The fourth-order valence-corrected chi connectivity index (χ4v) is 2.76. The van der Waals surface area contributed by atoms with Gasteiger partial charge in [0, 0.05) is 11.6 Å². The number of Topliss-reactive ketones (excluding diaryl/α,β-unsaturated/α-hetero) is 1. The standard InChI is InChI=1S/C19H16F2N2O4/c1-10(19(26)22-15-8-13(20)4-5-14(15)21)23-16-7-12(11(2)24)3-6-17(16)27-9-18(23)25/h3-8,10H,9H2,1-2H3,(H,22,26). The highest BCUT2D eigenvalue weighted by Gasteiger charge is 2.33. The molecule has 0 aliphatic carbocycles. The molecule has 0 radical (unpaired) electrons. The number of nitrogens with zero attached hydrogens (tertiary/aromatic N) is 1.